The van der Waals surface area contributed by atoms with Crippen LogP contribution in [0.5, 0.6) is 0 Å². The largest absolute Gasteiger partial charge is 0.462 e. The number of amides is 2. The summed E-state index contributed by atoms with van der Waals surface area (Å²) < 4.78 is 10.2. The summed E-state index contributed by atoms with van der Waals surface area (Å²) in [6.07, 6.45) is 0.692. The molecular weight excluding hydrogens is 462 g/mol. The minimum absolute atomic E-state index is 0.0440. The van der Waals surface area contributed by atoms with Gasteiger partial charge >= 0.3 is 11.9 Å². The van der Waals surface area contributed by atoms with Crippen LogP contribution in [-0.4, -0.2) is 42.7 Å². The van der Waals surface area contributed by atoms with E-state index in [0.29, 0.717) is 24.2 Å². The van der Waals surface area contributed by atoms with Crippen molar-refractivity contribution >= 4 is 35.2 Å². The third-order valence-corrected chi connectivity index (χ3v) is 5.63. The molecule has 1 heterocycles. The first-order valence-corrected chi connectivity index (χ1v) is 11.4. The zero-order valence-electron chi connectivity index (χ0n) is 19.8. The number of rotatable bonds is 8. The average Bonchev–Trinajstić information content (AvgIpc) is 3.15. The van der Waals surface area contributed by atoms with Crippen molar-refractivity contribution in [1.29, 1.82) is 0 Å². The number of anilines is 1. The number of esters is 2. The summed E-state index contributed by atoms with van der Waals surface area (Å²) in [6, 6.07) is 16.8. The van der Waals surface area contributed by atoms with E-state index in [-0.39, 0.29) is 28.2 Å². The minimum Gasteiger partial charge on any atom is -0.462 e. The van der Waals surface area contributed by atoms with Crippen molar-refractivity contribution < 1.29 is 33.4 Å². The number of Topliss-reactive ketones (excluding diaryl/α,β-unsaturated/α-hetero) is 1. The minimum atomic E-state index is -0.785. The maximum atomic E-state index is 13.0. The van der Waals surface area contributed by atoms with Crippen molar-refractivity contribution in [3.8, 4) is 0 Å². The van der Waals surface area contributed by atoms with Gasteiger partial charge in [0.05, 0.1) is 34.5 Å². The van der Waals surface area contributed by atoms with Crippen LogP contribution < -0.4 is 4.90 Å². The number of carbonyl (C=O) groups is 5. The van der Waals surface area contributed by atoms with Crippen molar-refractivity contribution in [2.45, 2.75) is 20.3 Å². The van der Waals surface area contributed by atoms with Gasteiger partial charge in [-0.3, -0.25) is 14.4 Å². The first kappa shape index (κ1) is 24.5. The number of imide groups is 1. The van der Waals surface area contributed by atoms with Gasteiger partial charge in [-0.2, -0.15) is 0 Å². The third-order valence-electron chi connectivity index (χ3n) is 5.63. The molecule has 0 aromatic heterocycles. The molecule has 0 spiro atoms. The van der Waals surface area contributed by atoms with Crippen LogP contribution in [0.1, 0.15) is 70.7 Å². The number of hydrogen-bond acceptors (Lipinski definition) is 7. The maximum Gasteiger partial charge on any atom is 0.338 e. The molecule has 0 radical (unpaired) electrons. The Morgan fingerprint density at radius 3 is 1.97 bits per heavy atom. The summed E-state index contributed by atoms with van der Waals surface area (Å²) in [5.41, 5.74) is 2.23. The summed E-state index contributed by atoms with van der Waals surface area (Å²) in [5, 5.41) is 0. The summed E-state index contributed by atoms with van der Waals surface area (Å²) in [6.45, 7) is 3.62. The predicted octanol–water partition coefficient (Wildman–Crippen LogP) is 4.40. The molecule has 8 nitrogen and oxygen atoms in total. The predicted molar refractivity (Wildman–Crippen MR) is 130 cm³/mol. The van der Waals surface area contributed by atoms with Gasteiger partial charge in [0.15, 0.2) is 12.4 Å². The second kappa shape index (κ2) is 10.4. The van der Waals surface area contributed by atoms with E-state index >= 15 is 0 Å². The number of hydrogen-bond donors (Lipinski definition) is 0. The van der Waals surface area contributed by atoms with Gasteiger partial charge in [-0.05, 0) is 55.8 Å². The molecule has 0 fully saturated rings. The molecule has 182 valence electrons. The lowest BCUT2D eigenvalue weighted by molar-refractivity contribution is 0.0474. The van der Waals surface area contributed by atoms with Crippen LogP contribution in [-0.2, 0) is 9.47 Å². The Hall–Kier alpha value is -4.59. The number of carbonyl (C=O) groups excluding carboxylic acids is 5. The molecule has 0 saturated heterocycles. The Balaban J connectivity index is 1.46. The lowest BCUT2D eigenvalue weighted by atomic mass is 10.1. The van der Waals surface area contributed by atoms with Gasteiger partial charge in [0, 0.05) is 5.56 Å². The fraction of sp³-hybridized carbons (Fsp3) is 0.179. The first-order valence-electron chi connectivity index (χ1n) is 11.4. The van der Waals surface area contributed by atoms with E-state index in [0.717, 1.165) is 10.5 Å². The molecule has 0 bridgehead atoms. The van der Waals surface area contributed by atoms with Crippen LogP contribution in [0.3, 0.4) is 0 Å². The standard InChI is InChI=1S/C28H23NO7/c1-3-14-35-27(33)19-8-11-21(12-9-19)29-25(31)22-13-10-20(15-23(22)26(29)32)28(34)36-16-24(30)18-6-4-17(2)5-7-18/h4-13,15H,3,14,16H2,1-2H3. The van der Waals surface area contributed by atoms with E-state index in [1.807, 2.05) is 13.8 Å². The number of fused-ring (bicyclic) bond motifs is 1. The molecule has 8 heteroatoms. The van der Waals surface area contributed by atoms with Crippen LogP contribution in [0.2, 0.25) is 0 Å². The van der Waals surface area contributed by atoms with Gasteiger partial charge in [-0.25, -0.2) is 14.5 Å². The second-order valence-electron chi connectivity index (χ2n) is 8.25. The van der Waals surface area contributed by atoms with Crippen LogP contribution >= 0.6 is 0 Å². The monoisotopic (exact) mass is 485 g/mol. The molecule has 0 saturated carbocycles. The molecule has 2 amide bonds. The molecule has 3 aromatic carbocycles. The van der Waals surface area contributed by atoms with Crippen LogP contribution in [0.15, 0.2) is 66.7 Å². The maximum absolute atomic E-state index is 13.0. The fourth-order valence-corrected chi connectivity index (χ4v) is 3.66. The van der Waals surface area contributed by atoms with Gasteiger partial charge in [-0.1, -0.05) is 36.8 Å². The average molecular weight is 485 g/mol. The zero-order chi connectivity index (χ0) is 25.8. The number of nitrogens with zero attached hydrogens (tertiary/aromatic N) is 1. The SMILES string of the molecule is CCCOC(=O)c1ccc(N2C(=O)c3ccc(C(=O)OCC(=O)c4ccc(C)cc4)cc3C2=O)cc1. The van der Waals surface area contributed by atoms with E-state index in [9.17, 15) is 24.0 Å². The van der Waals surface area contributed by atoms with Crippen LogP contribution in [0, 0.1) is 6.92 Å². The highest BCUT2D eigenvalue weighted by atomic mass is 16.5. The highest BCUT2D eigenvalue weighted by Gasteiger charge is 2.37. The molecule has 1 aliphatic heterocycles. The molecule has 4 rings (SSSR count). The van der Waals surface area contributed by atoms with Gasteiger partial charge in [0.25, 0.3) is 11.8 Å². The smallest absolute Gasteiger partial charge is 0.338 e. The molecule has 0 unspecified atom stereocenters. The summed E-state index contributed by atoms with van der Waals surface area (Å²) in [4.78, 5) is 63.7. The topological polar surface area (TPSA) is 107 Å². The van der Waals surface area contributed by atoms with Crippen molar-refractivity contribution in [3.63, 3.8) is 0 Å². The van der Waals surface area contributed by atoms with E-state index in [2.05, 4.69) is 0 Å². The molecule has 3 aromatic rings. The Morgan fingerprint density at radius 2 is 1.31 bits per heavy atom. The molecule has 0 N–H and O–H groups in total. The number of benzene rings is 3. The normalized spacial score (nSPS) is 12.3. The van der Waals surface area contributed by atoms with Crippen LogP contribution in [0.4, 0.5) is 5.69 Å². The van der Waals surface area contributed by atoms with Crippen molar-refractivity contribution in [3.05, 3.63) is 100 Å². The lowest BCUT2D eigenvalue weighted by Gasteiger charge is -2.14. The van der Waals surface area contributed by atoms with E-state index in [1.165, 1.54) is 42.5 Å². The molecular formula is C28H23NO7. The quantitative estimate of drug-likeness (QED) is 0.264. The number of ketones is 1. The fourth-order valence-electron chi connectivity index (χ4n) is 3.66. The van der Waals surface area contributed by atoms with Crippen molar-refractivity contribution in [2.24, 2.45) is 0 Å². The Labute approximate surface area is 207 Å². The molecule has 0 atom stereocenters. The lowest BCUT2D eigenvalue weighted by Crippen LogP contribution is -2.29. The van der Waals surface area contributed by atoms with E-state index < -0.39 is 30.4 Å². The number of ether oxygens (including phenoxy) is 2. The van der Waals surface area contributed by atoms with Gasteiger partial charge in [0.2, 0.25) is 0 Å². The Morgan fingerprint density at radius 1 is 0.722 bits per heavy atom. The van der Waals surface area contributed by atoms with E-state index in [1.54, 1.807) is 24.3 Å². The molecule has 0 aliphatic carbocycles. The molecule has 36 heavy (non-hydrogen) atoms. The zero-order valence-corrected chi connectivity index (χ0v) is 19.8. The summed E-state index contributed by atoms with van der Waals surface area (Å²) in [5.74, 6) is -2.79. The van der Waals surface area contributed by atoms with Crippen molar-refractivity contribution in [1.82, 2.24) is 0 Å². The van der Waals surface area contributed by atoms with Gasteiger partial charge in [0.1, 0.15) is 0 Å². The van der Waals surface area contributed by atoms with Gasteiger partial charge < -0.3 is 9.47 Å². The first-order chi connectivity index (χ1) is 17.3. The third kappa shape index (κ3) is 4.93. The Bertz CT molecular complexity index is 1360. The summed E-state index contributed by atoms with van der Waals surface area (Å²) >= 11 is 0. The van der Waals surface area contributed by atoms with Crippen LogP contribution in [0.25, 0.3) is 0 Å². The van der Waals surface area contributed by atoms with Gasteiger partial charge in [-0.15, -0.1) is 0 Å². The molecule has 1 aliphatic rings. The van der Waals surface area contributed by atoms with Crippen molar-refractivity contribution in [2.75, 3.05) is 18.1 Å². The number of aryl methyl sites for hydroxylation is 1. The highest BCUT2D eigenvalue weighted by molar-refractivity contribution is 6.34. The Kier molecular flexibility index (Phi) is 7.05. The van der Waals surface area contributed by atoms with E-state index in [4.69, 9.17) is 9.47 Å². The second-order valence-corrected chi connectivity index (χ2v) is 8.25. The summed E-state index contributed by atoms with van der Waals surface area (Å²) in [7, 11) is 0. The highest BCUT2D eigenvalue weighted by Crippen LogP contribution is 2.29.